The van der Waals surface area contributed by atoms with Gasteiger partial charge in [0.25, 0.3) is 0 Å². The Morgan fingerprint density at radius 1 is 1.21 bits per heavy atom. The maximum absolute atomic E-state index is 13.3. The summed E-state index contributed by atoms with van der Waals surface area (Å²) in [5.74, 6) is 0.566. The second-order valence-electron chi connectivity index (χ2n) is 7.73. The minimum absolute atomic E-state index is 0.187. The molecule has 4 heteroatoms. The van der Waals surface area contributed by atoms with Gasteiger partial charge in [0.1, 0.15) is 0 Å². The van der Waals surface area contributed by atoms with Crippen molar-refractivity contribution >= 4 is 5.91 Å². The molecule has 3 aliphatic rings. The molecule has 1 amide bonds. The van der Waals surface area contributed by atoms with E-state index in [1.54, 1.807) is 0 Å². The Morgan fingerprint density at radius 3 is 2.79 bits per heavy atom. The number of fused-ring (bicyclic) bond motifs is 1. The lowest BCUT2D eigenvalue weighted by Gasteiger charge is -2.32. The molecule has 0 aromatic carbocycles. The fourth-order valence-electron chi connectivity index (χ4n) is 4.84. The summed E-state index contributed by atoms with van der Waals surface area (Å²) in [7, 11) is 2.06. The molecule has 1 fully saturated rings. The van der Waals surface area contributed by atoms with Crippen LogP contribution in [0.3, 0.4) is 0 Å². The van der Waals surface area contributed by atoms with Crippen LogP contribution in [0.5, 0.6) is 0 Å². The minimum atomic E-state index is 0.187. The van der Waals surface area contributed by atoms with Crippen LogP contribution in [-0.2, 0) is 31.2 Å². The van der Waals surface area contributed by atoms with Crippen molar-refractivity contribution < 1.29 is 4.79 Å². The number of aromatic nitrogens is 2. The van der Waals surface area contributed by atoms with Crippen LogP contribution in [0.25, 0.3) is 0 Å². The van der Waals surface area contributed by atoms with Crippen LogP contribution in [0.15, 0.2) is 12.2 Å². The fourth-order valence-corrected chi connectivity index (χ4v) is 4.84. The van der Waals surface area contributed by atoms with Gasteiger partial charge in [0.05, 0.1) is 12.2 Å². The zero-order chi connectivity index (χ0) is 16.5. The smallest absolute Gasteiger partial charge is 0.226 e. The van der Waals surface area contributed by atoms with Gasteiger partial charge in [0.15, 0.2) is 0 Å². The molecule has 1 aromatic rings. The molecule has 0 saturated heterocycles. The standard InChI is InChI=1S/C20H29N3O/c1-22-19-13-7-12-17(19)18(21-22)14-23(16-10-5-6-11-16)20(24)15-8-3-2-4-9-15/h2-3,15-16H,4-14H2,1H3. The number of hydrogen-bond acceptors (Lipinski definition) is 2. The van der Waals surface area contributed by atoms with Gasteiger partial charge >= 0.3 is 0 Å². The van der Waals surface area contributed by atoms with Crippen molar-refractivity contribution in [3.63, 3.8) is 0 Å². The van der Waals surface area contributed by atoms with E-state index >= 15 is 0 Å². The van der Waals surface area contributed by atoms with Crippen LogP contribution in [0.1, 0.15) is 68.3 Å². The van der Waals surface area contributed by atoms with E-state index in [1.165, 1.54) is 43.4 Å². The van der Waals surface area contributed by atoms with Crippen molar-refractivity contribution in [2.75, 3.05) is 0 Å². The van der Waals surface area contributed by atoms with Crippen LogP contribution in [-0.4, -0.2) is 26.6 Å². The summed E-state index contributed by atoms with van der Waals surface area (Å²) in [6, 6.07) is 0.433. The number of carbonyl (C=O) groups excluding carboxylic acids is 1. The summed E-state index contributed by atoms with van der Waals surface area (Å²) in [5.41, 5.74) is 3.98. The number of amides is 1. The van der Waals surface area contributed by atoms with Crippen LogP contribution in [0.4, 0.5) is 0 Å². The van der Waals surface area contributed by atoms with Crippen molar-refractivity contribution in [1.82, 2.24) is 14.7 Å². The topological polar surface area (TPSA) is 38.1 Å². The first-order chi connectivity index (χ1) is 11.7. The monoisotopic (exact) mass is 327 g/mol. The Bertz CT molecular complexity index is 640. The van der Waals surface area contributed by atoms with Crippen molar-refractivity contribution in [2.45, 2.75) is 76.8 Å². The molecule has 1 heterocycles. The Morgan fingerprint density at radius 2 is 2.04 bits per heavy atom. The quantitative estimate of drug-likeness (QED) is 0.793. The SMILES string of the molecule is Cn1nc(CN(C(=O)C2CC=CCC2)C2CCCC2)c2c1CCC2. The maximum atomic E-state index is 13.3. The van der Waals surface area contributed by atoms with E-state index in [0.29, 0.717) is 11.9 Å². The lowest BCUT2D eigenvalue weighted by molar-refractivity contribution is -0.139. The Labute approximate surface area is 144 Å². The molecule has 0 aliphatic heterocycles. The Kier molecular flexibility index (Phi) is 4.47. The van der Waals surface area contributed by atoms with Crippen molar-refractivity contribution in [3.05, 3.63) is 29.1 Å². The number of rotatable bonds is 4. The highest BCUT2D eigenvalue weighted by atomic mass is 16.2. The fraction of sp³-hybridized carbons (Fsp3) is 0.700. The average molecular weight is 327 g/mol. The Hall–Kier alpha value is -1.58. The molecule has 130 valence electrons. The van der Waals surface area contributed by atoms with Gasteiger partial charge in [0.2, 0.25) is 5.91 Å². The van der Waals surface area contributed by atoms with E-state index in [0.717, 1.165) is 44.3 Å². The zero-order valence-electron chi connectivity index (χ0n) is 14.8. The van der Waals surface area contributed by atoms with Gasteiger partial charge in [-0.1, -0.05) is 25.0 Å². The summed E-state index contributed by atoms with van der Waals surface area (Å²) in [5, 5.41) is 4.78. The first-order valence-corrected chi connectivity index (χ1v) is 9.73. The molecule has 1 unspecified atom stereocenters. The molecule has 0 N–H and O–H groups in total. The van der Waals surface area contributed by atoms with Crippen LogP contribution < -0.4 is 0 Å². The number of nitrogens with zero attached hydrogens (tertiary/aromatic N) is 3. The third-order valence-corrected chi connectivity index (χ3v) is 6.19. The molecule has 4 rings (SSSR count). The van der Waals surface area contributed by atoms with Gasteiger partial charge in [-0.05, 0) is 56.9 Å². The van der Waals surface area contributed by atoms with Crippen molar-refractivity contribution in [1.29, 1.82) is 0 Å². The van der Waals surface area contributed by atoms with E-state index in [-0.39, 0.29) is 5.92 Å². The van der Waals surface area contributed by atoms with Gasteiger partial charge in [0, 0.05) is 24.7 Å². The molecule has 0 spiro atoms. The Balaban J connectivity index is 1.57. The molecule has 1 atom stereocenters. The third-order valence-electron chi connectivity index (χ3n) is 6.19. The lowest BCUT2D eigenvalue weighted by Crippen LogP contribution is -2.42. The molecule has 1 saturated carbocycles. The predicted molar refractivity (Wildman–Crippen MR) is 94.5 cm³/mol. The number of hydrogen-bond donors (Lipinski definition) is 0. The molecule has 4 nitrogen and oxygen atoms in total. The molecule has 1 aromatic heterocycles. The second kappa shape index (κ2) is 6.73. The first kappa shape index (κ1) is 15.9. The van der Waals surface area contributed by atoms with Crippen LogP contribution >= 0.6 is 0 Å². The molecule has 3 aliphatic carbocycles. The van der Waals surface area contributed by atoms with E-state index in [9.17, 15) is 4.79 Å². The van der Waals surface area contributed by atoms with Gasteiger partial charge in [-0.25, -0.2) is 0 Å². The van der Waals surface area contributed by atoms with E-state index in [2.05, 4.69) is 28.8 Å². The number of aryl methyl sites for hydroxylation is 1. The van der Waals surface area contributed by atoms with E-state index in [1.807, 2.05) is 0 Å². The zero-order valence-corrected chi connectivity index (χ0v) is 14.8. The summed E-state index contributed by atoms with van der Waals surface area (Å²) in [6.07, 6.45) is 15.8. The van der Waals surface area contributed by atoms with Gasteiger partial charge < -0.3 is 4.90 Å². The average Bonchev–Trinajstić information content (AvgIpc) is 3.33. The highest BCUT2D eigenvalue weighted by Crippen LogP contribution is 2.31. The molecular weight excluding hydrogens is 298 g/mol. The van der Waals surface area contributed by atoms with E-state index < -0.39 is 0 Å². The van der Waals surface area contributed by atoms with Crippen molar-refractivity contribution in [3.8, 4) is 0 Å². The molecular formula is C20H29N3O. The van der Waals surface area contributed by atoms with Gasteiger partial charge in [-0.2, -0.15) is 5.10 Å². The highest BCUT2D eigenvalue weighted by molar-refractivity contribution is 5.79. The van der Waals surface area contributed by atoms with Gasteiger partial charge in [-0.3, -0.25) is 9.48 Å². The second-order valence-corrected chi connectivity index (χ2v) is 7.73. The first-order valence-electron chi connectivity index (χ1n) is 9.73. The molecule has 0 bridgehead atoms. The molecule has 24 heavy (non-hydrogen) atoms. The normalized spacial score (nSPS) is 23.6. The number of allylic oxidation sites excluding steroid dienone is 2. The summed E-state index contributed by atoms with van der Waals surface area (Å²) >= 11 is 0. The largest absolute Gasteiger partial charge is 0.333 e. The van der Waals surface area contributed by atoms with Crippen molar-refractivity contribution in [2.24, 2.45) is 13.0 Å². The summed E-state index contributed by atoms with van der Waals surface area (Å²) < 4.78 is 2.05. The number of carbonyl (C=O) groups is 1. The highest BCUT2D eigenvalue weighted by Gasteiger charge is 2.33. The van der Waals surface area contributed by atoms with Crippen LogP contribution in [0, 0.1) is 5.92 Å². The maximum Gasteiger partial charge on any atom is 0.226 e. The minimum Gasteiger partial charge on any atom is -0.333 e. The molecule has 0 radical (unpaired) electrons. The third kappa shape index (κ3) is 2.91. The van der Waals surface area contributed by atoms with Crippen LogP contribution in [0.2, 0.25) is 0 Å². The summed E-state index contributed by atoms with van der Waals surface area (Å²) in [6.45, 7) is 0.729. The summed E-state index contributed by atoms with van der Waals surface area (Å²) in [4.78, 5) is 15.5. The van der Waals surface area contributed by atoms with E-state index in [4.69, 9.17) is 5.10 Å². The lowest BCUT2D eigenvalue weighted by atomic mass is 9.92. The predicted octanol–water partition coefficient (Wildman–Crippen LogP) is 3.54. The van der Waals surface area contributed by atoms with Gasteiger partial charge in [-0.15, -0.1) is 0 Å².